The average molecular weight is 531 g/mol. The van der Waals surface area contributed by atoms with Crippen molar-refractivity contribution >= 4 is 23.2 Å². The van der Waals surface area contributed by atoms with Gasteiger partial charge in [-0.25, -0.2) is 0 Å². The molecule has 2 amide bonds. The van der Waals surface area contributed by atoms with Crippen molar-refractivity contribution in [1.29, 1.82) is 10.5 Å². The number of hydrogen-bond acceptors (Lipinski definition) is 6. The first-order valence-electron chi connectivity index (χ1n) is 12.5. The van der Waals surface area contributed by atoms with E-state index in [1.165, 1.54) is 0 Å². The lowest BCUT2D eigenvalue weighted by molar-refractivity contribution is -0.120. The highest BCUT2D eigenvalue weighted by atomic mass is 16.5. The monoisotopic (exact) mass is 530 g/mol. The van der Waals surface area contributed by atoms with E-state index in [9.17, 15) is 9.59 Å². The van der Waals surface area contributed by atoms with Crippen molar-refractivity contribution in [3.05, 3.63) is 120 Å². The van der Waals surface area contributed by atoms with E-state index in [1.54, 1.807) is 77.7 Å². The SMILES string of the molecule is N#Cc1ccc(OCC(=O)Nc2ccc(N(CCc3ccccc3)C(=O)COc3ccc(C#N)cc3)cc2)cc1. The first kappa shape index (κ1) is 27.4. The number of nitrogens with one attached hydrogen (secondary N) is 1. The molecule has 0 aliphatic rings. The number of hydrogen-bond donors (Lipinski definition) is 1. The Bertz CT molecular complexity index is 1510. The molecule has 40 heavy (non-hydrogen) atoms. The molecule has 4 aromatic rings. The fourth-order valence-electron chi connectivity index (χ4n) is 3.83. The van der Waals surface area contributed by atoms with Crippen LogP contribution in [-0.2, 0) is 16.0 Å². The molecule has 0 unspecified atom stereocenters. The lowest BCUT2D eigenvalue weighted by atomic mass is 10.1. The second kappa shape index (κ2) is 13.8. The second-order valence-electron chi connectivity index (χ2n) is 8.73. The Labute approximate surface area is 232 Å². The molecule has 0 spiro atoms. The quantitative estimate of drug-likeness (QED) is 0.288. The summed E-state index contributed by atoms with van der Waals surface area (Å²) in [6.45, 7) is 0.0671. The van der Waals surface area contributed by atoms with Crippen LogP contribution in [0, 0.1) is 22.7 Å². The Kier molecular flexibility index (Phi) is 9.47. The fourth-order valence-corrected chi connectivity index (χ4v) is 3.83. The standard InChI is InChI=1S/C32H26N4O4/c33-20-25-6-14-29(15-7-25)39-22-31(37)35-27-10-12-28(13-11-27)36(19-18-24-4-2-1-3-5-24)32(38)23-40-30-16-8-26(21-34)9-17-30/h1-17H,18-19,22-23H2,(H,35,37). The first-order valence-corrected chi connectivity index (χ1v) is 12.5. The van der Waals surface area contributed by atoms with Gasteiger partial charge in [0, 0.05) is 17.9 Å². The average Bonchev–Trinajstić information content (AvgIpc) is 3.01. The molecule has 0 atom stereocenters. The Morgan fingerprint density at radius 2 is 1.25 bits per heavy atom. The van der Waals surface area contributed by atoms with Gasteiger partial charge in [0.1, 0.15) is 11.5 Å². The molecule has 8 heteroatoms. The van der Waals surface area contributed by atoms with Crippen LogP contribution in [0.1, 0.15) is 16.7 Å². The van der Waals surface area contributed by atoms with Gasteiger partial charge in [-0.05, 0) is 84.8 Å². The predicted octanol–water partition coefficient (Wildman–Crippen LogP) is 5.10. The molecule has 0 aliphatic carbocycles. The third-order valence-corrected chi connectivity index (χ3v) is 5.93. The Balaban J connectivity index is 1.38. The number of nitrogens with zero attached hydrogens (tertiary/aromatic N) is 3. The molecule has 8 nitrogen and oxygen atoms in total. The minimum atomic E-state index is -0.343. The summed E-state index contributed by atoms with van der Waals surface area (Å²) in [5.74, 6) is 0.412. The summed E-state index contributed by atoms with van der Waals surface area (Å²) in [5.41, 5.74) is 3.34. The van der Waals surface area contributed by atoms with Crippen molar-refractivity contribution in [2.45, 2.75) is 6.42 Å². The van der Waals surface area contributed by atoms with Crippen LogP contribution < -0.4 is 19.7 Å². The predicted molar refractivity (Wildman–Crippen MR) is 151 cm³/mol. The number of anilines is 2. The molecule has 0 saturated carbocycles. The number of carbonyl (C=O) groups is 2. The fraction of sp³-hybridized carbons (Fsp3) is 0.125. The Morgan fingerprint density at radius 1 is 0.700 bits per heavy atom. The van der Waals surface area contributed by atoms with Gasteiger partial charge in [-0.1, -0.05) is 30.3 Å². The number of nitriles is 2. The summed E-state index contributed by atoms with van der Waals surface area (Å²) in [7, 11) is 0. The summed E-state index contributed by atoms with van der Waals surface area (Å²) in [6, 6.07) is 34.0. The minimum absolute atomic E-state index is 0.175. The third-order valence-electron chi connectivity index (χ3n) is 5.93. The molecule has 4 aromatic carbocycles. The van der Waals surface area contributed by atoms with Crippen LogP contribution in [0.2, 0.25) is 0 Å². The van der Waals surface area contributed by atoms with Crippen LogP contribution in [0.5, 0.6) is 11.5 Å². The van der Waals surface area contributed by atoms with E-state index in [0.29, 0.717) is 47.0 Å². The van der Waals surface area contributed by atoms with Crippen molar-refractivity contribution in [2.24, 2.45) is 0 Å². The molecule has 0 radical (unpaired) electrons. The van der Waals surface area contributed by atoms with E-state index in [4.69, 9.17) is 20.0 Å². The highest BCUT2D eigenvalue weighted by Crippen LogP contribution is 2.20. The van der Waals surface area contributed by atoms with Gasteiger partial charge >= 0.3 is 0 Å². The molecule has 0 saturated heterocycles. The van der Waals surface area contributed by atoms with Crippen molar-refractivity contribution in [2.75, 3.05) is 30.0 Å². The zero-order valence-corrected chi connectivity index (χ0v) is 21.6. The molecule has 198 valence electrons. The summed E-state index contributed by atoms with van der Waals surface area (Å²) in [6.07, 6.45) is 0.647. The van der Waals surface area contributed by atoms with Gasteiger partial charge in [-0.15, -0.1) is 0 Å². The van der Waals surface area contributed by atoms with Crippen molar-refractivity contribution in [3.63, 3.8) is 0 Å². The number of carbonyl (C=O) groups excluding carboxylic acids is 2. The zero-order valence-electron chi connectivity index (χ0n) is 21.6. The highest BCUT2D eigenvalue weighted by molar-refractivity contribution is 5.95. The lowest BCUT2D eigenvalue weighted by Gasteiger charge is -2.23. The third kappa shape index (κ3) is 7.95. The van der Waals surface area contributed by atoms with Crippen LogP contribution in [0.25, 0.3) is 0 Å². The maximum absolute atomic E-state index is 13.2. The molecule has 0 bridgehead atoms. The van der Waals surface area contributed by atoms with E-state index >= 15 is 0 Å². The normalized spacial score (nSPS) is 10.1. The molecule has 0 aliphatic heterocycles. The van der Waals surface area contributed by atoms with Crippen molar-refractivity contribution < 1.29 is 19.1 Å². The minimum Gasteiger partial charge on any atom is -0.484 e. The van der Waals surface area contributed by atoms with Crippen molar-refractivity contribution in [1.82, 2.24) is 0 Å². The van der Waals surface area contributed by atoms with E-state index < -0.39 is 0 Å². The van der Waals surface area contributed by atoms with Crippen molar-refractivity contribution in [3.8, 4) is 23.6 Å². The van der Waals surface area contributed by atoms with Crippen LogP contribution in [-0.4, -0.2) is 31.6 Å². The summed E-state index contributed by atoms with van der Waals surface area (Å²) in [4.78, 5) is 27.2. The van der Waals surface area contributed by atoms with E-state index in [2.05, 4.69) is 11.4 Å². The summed E-state index contributed by atoms with van der Waals surface area (Å²) < 4.78 is 11.2. The summed E-state index contributed by atoms with van der Waals surface area (Å²) in [5, 5.41) is 20.6. The van der Waals surface area contributed by atoms with Gasteiger partial charge in [0.2, 0.25) is 0 Å². The number of ether oxygens (including phenoxy) is 2. The smallest absolute Gasteiger partial charge is 0.264 e. The maximum atomic E-state index is 13.2. The lowest BCUT2D eigenvalue weighted by Crippen LogP contribution is -2.36. The molecule has 0 aromatic heterocycles. The van der Waals surface area contributed by atoms with Crippen LogP contribution >= 0.6 is 0 Å². The largest absolute Gasteiger partial charge is 0.484 e. The topological polar surface area (TPSA) is 115 Å². The Hall–Kier alpha value is -5.60. The molecular formula is C32H26N4O4. The van der Waals surface area contributed by atoms with E-state index in [1.807, 2.05) is 36.4 Å². The van der Waals surface area contributed by atoms with Gasteiger partial charge in [0.25, 0.3) is 11.8 Å². The van der Waals surface area contributed by atoms with Crippen LogP contribution in [0.15, 0.2) is 103 Å². The van der Waals surface area contributed by atoms with E-state index in [0.717, 1.165) is 5.56 Å². The second-order valence-corrected chi connectivity index (χ2v) is 8.73. The molecule has 1 N–H and O–H groups in total. The van der Waals surface area contributed by atoms with Crippen LogP contribution in [0.4, 0.5) is 11.4 Å². The highest BCUT2D eigenvalue weighted by Gasteiger charge is 2.17. The molecule has 0 heterocycles. The molecule has 4 rings (SSSR count). The van der Waals surface area contributed by atoms with Gasteiger partial charge in [-0.2, -0.15) is 10.5 Å². The summed E-state index contributed by atoms with van der Waals surface area (Å²) >= 11 is 0. The van der Waals surface area contributed by atoms with Gasteiger partial charge < -0.3 is 19.7 Å². The van der Waals surface area contributed by atoms with E-state index in [-0.39, 0.29) is 25.0 Å². The van der Waals surface area contributed by atoms with Gasteiger partial charge in [0.15, 0.2) is 13.2 Å². The number of benzene rings is 4. The number of amides is 2. The Morgan fingerprint density at radius 3 is 1.80 bits per heavy atom. The van der Waals surface area contributed by atoms with Gasteiger partial charge in [-0.3, -0.25) is 9.59 Å². The number of rotatable bonds is 11. The van der Waals surface area contributed by atoms with Gasteiger partial charge in [0.05, 0.1) is 23.3 Å². The molecule has 0 fully saturated rings. The first-order chi connectivity index (χ1) is 19.5. The molecular weight excluding hydrogens is 504 g/mol. The van der Waals surface area contributed by atoms with Crippen LogP contribution in [0.3, 0.4) is 0 Å². The zero-order chi connectivity index (χ0) is 28.2. The maximum Gasteiger partial charge on any atom is 0.264 e.